The van der Waals surface area contributed by atoms with E-state index in [1.807, 2.05) is 30.3 Å². The maximum atomic E-state index is 11.4. The van der Waals surface area contributed by atoms with Crippen LogP contribution in [0.3, 0.4) is 0 Å². The molecule has 1 N–H and O–H groups in total. The lowest BCUT2D eigenvalue weighted by Crippen LogP contribution is -2.09. The van der Waals surface area contributed by atoms with Crippen LogP contribution >= 0.6 is 0 Å². The van der Waals surface area contributed by atoms with Gasteiger partial charge in [0.05, 0.1) is 6.20 Å². The molecule has 0 spiro atoms. The summed E-state index contributed by atoms with van der Waals surface area (Å²) in [5.74, 6) is 0.689. The highest BCUT2D eigenvalue weighted by atomic mass is 16.4. The van der Waals surface area contributed by atoms with Crippen LogP contribution in [0.1, 0.15) is 0 Å². The van der Waals surface area contributed by atoms with Gasteiger partial charge in [-0.1, -0.05) is 30.3 Å². The van der Waals surface area contributed by atoms with Gasteiger partial charge in [-0.3, -0.25) is 0 Å². The van der Waals surface area contributed by atoms with Crippen molar-refractivity contribution in [3.63, 3.8) is 0 Å². The molecule has 2 rings (SSSR count). The maximum absolute atomic E-state index is 11.4. The zero-order valence-electron chi connectivity index (χ0n) is 8.23. The van der Waals surface area contributed by atoms with Crippen LogP contribution in [-0.4, -0.2) is 12.0 Å². The van der Waals surface area contributed by atoms with Crippen molar-refractivity contribution < 1.29 is 4.42 Å². The number of rotatable bonds is 2. The second-order valence-corrected chi connectivity index (χ2v) is 2.98. The first-order valence-corrected chi connectivity index (χ1v) is 4.54. The van der Waals surface area contributed by atoms with Crippen LogP contribution in [0.15, 0.2) is 45.7 Å². The van der Waals surface area contributed by atoms with Crippen molar-refractivity contribution in [2.45, 2.75) is 0 Å². The molecule has 4 nitrogen and oxygen atoms in total. The van der Waals surface area contributed by atoms with Gasteiger partial charge in [-0.25, -0.2) is 9.78 Å². The number of nitrogens with zero attached hydrogens (tertiary/aromatic N) is 1. The quantitative estimate of drug-likeness (QED) is 0.805. The Labute approximate surface area is 86.6 Å². The van der Waals surface area contributed by atoms with Crippen LogP contribution in [-0.2, 0) is 0 Å². The Morgan fingerprint density at radius 1 is 1.27 bits per heavy atom. The molecular formula is C11H10N2O2. The van der Waals surface area contributed by atoms with Crippen LogP contribution in [0.4, 0.5) is 5.82 Å². The van der Waals surface area contributed by atoms with E-state index in [2.05, 4.69) is 10.3 Å². The van der Waals surface area contributed by atoms with Crippen LogP contribution in [0, 0.1) is 0 Å². The van der Waals surface area contributed by atoms with Crippen molar-refractivity contribution >= 4 is 5.82 Å². The minimum absolute atomic E-state index is 0.217. The predicted octanol–water partition coefficient (Wildman–Crippen LogP) is 1.74. The second-order valence-electron chi connectivity index (χ2n) is 2.98. The Morgan fingerprint density at radius 2 is 2.00 bits per heavy atom. The van der Waals surface area contributed by atoms with Crippen molar-refractivity contribution in [1.29, 1.82) is 0 Å². The summed E-state index contributed by atoms with van der Waals surface area (Å²) in [6, 6.07) is 9.37. The van der Waals surface area contributed by atoms with E-state index in [9.17, 15) is 4.79 Å². The molecule has 0 saturated heterocycles. The summed E-state index contributed by atoms with van der Waals surface area (Å²) in [4.78, 5) is 15.3. The topological polar surface area (TPSA) is 55.1 Å². The average molecular weight is 202 g/mol. The summed E-state index contributed by atoms with van der Waals surface area (Å²) >= 11 is 0. The third kappa shape index (κ3) is 1.88. The molecule has 1 aromatic heterocycles. The van der Waals surface area contributed by atoms with Crippen LogP contribution < -0.4 is 10.9 Å². The molecule has 2 aromatic rings. The first-order chi connectivity index (χ1) is 7.31. The highest BCUT2D eigenvalue weighted by Crippen LogP contribution is 2.16. The Bertz CT molecular complexity index is 505. The lowest BCUT2D eigenvalue weighted by atomic mass is 10.2. The van der Waals surface area contributed by atoms with Gasteiger partial charge in [0, 0.05) is 12.6 Å². The molecule has 76 valence electrons. The average Bonchev–Trinajstić information content (AvgIpc) is 2.30. The Hall–Kier alpha value is -2.10. The summed E-state index contributed by atoms with van der Waals surface area (Å²) in [6.45, 7) is 0. The minimum Gasteiger partial charge on any atom is -0.418 e. The SMILES string of the molecule is CNc1ncc(-c2ccccc2)oc1=O. The third-order valence-electron chi connectivity index (χ3n) is 2.00. The van der Waals surface area contributed by atoms with E-state index >= 15 is 0 Å². The van der Waals surface area contributed by atoms with Crippen molar-refractivity contribution in [2.24, 2.45) is 0 Å². The summed E-state index contributed by atoms with van der Waals surface area (Å²) < 4.78 is 5.10. The summed E-state index contributed by atoms with van der Waals surface area (Å²) in [7, 11) is 1.63. The van der Waals surface area contributed by atoms with Crippen LogP contribution in [0.5, 0.6) is 0 Å². The molecule has 15 heavy (non-hydrogen) atoms. The van der Waals surface area contributed by atoms with Gasteiger partial charge in [0.15, 0.2) is 5.76 Å². The van der Waals surface area contributed by atoms with Crippen LogP contribution in [0.25, 0.3) is 11.3 Å². The highest BCUT2D eigenvalue weighted by Gasteiger charge is 2.04. The smallest absolute Gasteiger partial charge is 0.379 e. The van der Waals surface area contributed by atoms with E-state index in [4.69, 9.17) is 4.42 Å². The minimum atomic E-state index is -0.459. The van der Waals surface area contributed by atoms with E-state index in [-0.39, 0.29) is 5.82 Å². The lowest BCUT2D eigenvalue weighted by molar-refractivity contribution is 0.521. The van der Waals surface area contributed by atoms with Gasteiger partial charge in [0.2, 0.25) is 5.82 Å². The molecule has 0 amide bonds. The van der Waals surface area contributed by atoms with E-state index in [1.165, 1.54) is 6.20 Å². The second kappa shape index (κ2) is 3.96. The van der Waals surface area contributed by atoms with Crippen molar-refractivity contribution in [1.82, 2.24) is 4.98 Å². The first-order valence-electron chi connectivity index (χ1n) is 4.54. The monoisotopic (exact) mass is 202 g/mol. The first kappa shape index (κ1) is 9.45. The molecule has 1 aromatic carbocycles. The number of aromatic nitrogens is 1. The molecule has 0 fully saturated rings. The molecule has 0 bridgehead atoms. The zero-order chi connectivity index (χ0) is 10.7. The fourth-order valence-electron chi connectivity index (χ4n) is 1.25. The standard InChI is InChI=1S/C11H10N2O2/c1-12-10-11(14)15-9(7-13-10)8-5-3-2-4-6-8/h2-7H,1H3,(H,12,13). The van der Waals surface area contributed by atoms with Crippen LogP contribution in [0.2, 0.25) is 0 Å². The van der Waals surface area contributed by atoms with Crippen molar-refractivity contribution in [2.75, 3.05) is 12.4 Å². The summed E-state index contributed by atoms with van der Waals surface area (Å²) in [5, 5.41) is 2.66. The number of hydrogen-bond donors (Lipinski definition) is 1. The van der Waals surface area contributed by atoms with Gasteiger partial charge < -0.3 is 9.73 Å². The summed E-state index contributed by atoms with van der Waals surface area (Å²) in [6.07, 6.45) is 1.53. The Balaban J connectivity index is 2.48. The number of hydrogen-bond acceptors (Lipinski definition) is 4. The highest BCUT2D eigenvalue weighted by molar-refractivity contribution is 5.56. The molecule has 1 heterocycles. The molecule has 0 unspecified atom stereocenters. The normalized spacial score (nSPS) is 9.93. The zero-order valence-corrected chi connectivity index (χ0v) is 8.23. The van der Waals surface area contributed by atoms with Gasteiger partial charge in [0.1, 0.15) is 0 Å². The van der Waals surface area contributed by atoms with Gasteiger partial charge in [0.25, 0.3) is 0 Å². The number of nitrogens with one attached hydrogen (secondary N) is 1. The fraction of sp³-hybridized carbons (Fsp3) is 0.0909. The van der Waals surface area contributed by atoms with E-state index in [1.54, 1.807) is 7.05 Å². The van der Waals surface area contributed by atoms with E-state index < -0.39 is 5.63 Å². The Morgan fingerprint density at radius 3 is 2.60 bits per heavy atom. The predicted molar refractivity (Wildman–Crippen MR) is 57.8 cm³/mol. The molecule has 0 saturated carbocycles. The molecule has 0 aliphatic heterocycles. The summed E-state index contributed by atoms with van der Waals surface area (Å²) in [5.41, 5.74) is 0.378. The van der Waals surface area contributed by atoms with Gasteiger partial charge >= 0.3 is 5.63 Å². The molecule has 0 aliphatic rings. The largest absolute Gasteiger partial charge is 0.418 e. The number of benzene rings is 1. The van der Waals surface area contributed by atoms with Gasteiger partial charge in [-0.2, -0.15) is 0 Å². The lowest BCUT2D eigenvalue weighted by Gasteiger charge is -2.00. The number of anilines is 1. The van der Waals surface area contributed by atoms with Gasteiger partial charge in [-0.15, -0.1) is 0 Å². The third-order valence-corrected chi connectivity index (χ3v) is 2.00. The molecule has 4 heteroatoms. The molecule has 0 atom stereocenters. The van der Waals surface area contributed by atoms with Crippen molar-refractivity contribution in [3.8, 4) is 11.3 Å². The van der Waals surface area contributed by atoms with E-state index in [0.717, 1.165) is 5.56 Å². The van der Waals surface area contributed by atoms with Gasteiger partial charge in [-0.05, 0) is 0 Å². The fourth-order valence-corrected chi connectivity index (χ4v) is 1.25. The Kier molecular flexibility index (Phi) is 2.49. The molecular weight excluding hydrogens is 192 g/mol. The maximum Gasteiger partial charge on any atom is 0.379 e. The molecule has 0 radical (unpaired) electrons. The van der Waals surface area contributed by atoms with Crippen molar-refractivity contribution in [3.05, 3.63) is 46.9 Å². The molecule has 0 aliphatic carbocycles. The van der Waals surface area contributed by atoms with E-state index in [0.29, 0.717) is 5.76 Å².